The molecule has 0 radical (unpaired) electrons. The molecule has 0 bridgehead atoms. The number of anilines is 1. The molecule has 0 aliphatic carbocycles. The number of ether oxygens (including phenoxy) is 1. The zero-order valence-corrected chi connectivity index (χ0v) is 16.1. The first-order valence-corrected chi connectivity index (χ1v) is 9.69. The predicted molar refractivity (Wildman–Crippen MR) is 106 cm³/mol. The molecule has 2 rings (SSSR count). The molecule has 0 unspecified atom stereocenters. The minimum absolute atomic E-state index is 0.0203. The highest BCUT2D eigenvalue weighted by Gasteiger charge is 2.13. The summed E-state index contributed by atoms with van der Waals surface area (Å²) in [4.78, 5) is 48.1. The Kier molecular flexibility index (Phi) is 8.23. The smallest absolute Gasteiger partial charge is 0.325 e. The Balaban J connectivity index is 1.67. The van der Waals surface area contributed by atoms with Gasteiger partial charge in [0.1, 0.15) is 0 Å². The number of rotatable bonds is 8. The number of hydrogen-bond donors (Lipinski definition) is 2. The lowest BCUT2D eigenvalue weighted by Gasteiger charge is -2.07. The molecule has 2 aromatic carbocycles. The van der Waals surface area contributed by atoms with E-state index in [4.69, 9.17) is 4.74 Å². The number of nitrogens with one attached hydrogen (secondary N) is 2. The minimum Gasteiger partial charge on any atom is -0.456 e. The van der Waals surface area contributed by atoms with Gasteiger partial charge in [-0.3, -0.25) is 19.7 Å². The van der Waals surface area contributed by atoms with E-state index in [9.17, 15) is 19.2 Å². The highest BCUT2D eigenvalue weighted by atomic mass is 32.2. The highest BCUT2D eigenvalue weighted by molar-refractivity contribution is 7.98. The van der Waals surface area contributed by atoms with E-state index in [-0.39, 0.29) is 18.6 Å². The van der Waals surface area contributed by atoms with Crippen LogP contribution in [0.4, 0.5) is 10.5 Å². The van der Waals surface area contributed by atoms with Gasteiger partial charge in [-0.15, -0.1) is 11.8 Å². The molecule has 0 aliphatic heterocycles. The molecule has 0 saturated heterocycles. The van der Waals surface area contributed by atoms with E-state index in [0.29, 0.717) is 11.3 Å². The molecule has 0 saturated carbocycles. The second kappa shape index (κ2) is 10.9. The highest BCUT2D eigenvalue weighted by Crippen LogP contribution is 2.16. The Hall–Kier alpha value is -3.13. The Morgan fingerprint density at radius 3 is 2.25 bits per heavy atom. The fraction of sp³-hybridized carbons (Fsp3) is 0.200. The summed E-state index contributed by atoms with van der Waals surface area (Å²) in [7, 11) is 0. The largest absolute Gasteiger partial charge is 0.456 e. The summed E-state index contributed by atoms with van der Waals surface area (Å²) in [5.74, 6) is -1.63. The van der Waals surface area contributed by atoms with Crippen LogP contribution in [0, 0.1) is 0 Å². The topological polar surface area (TPSA) is 102 Å². The average Bonchev–Trinajstić information content (AvgIpc) is 2.71. The number of para-hydroxylation sites is 1. The Labute approximate surface area is 166 Å². The van der Waals surface area contributed by atoms with Crippen molar-refractivity contribution in [3.8, 4) is 0 Å². The monoisotopic (exact) mass is 400 g/mol. The number of ketones is 1. The molecule has 2 N–H and O–H groups in total. The molecule has 0 heterocycles. The van der Waals surface area contributed by atoms with E-state index in [1.165, 1.54) is 0 Å². The first kappa shape index (κ1) is 21.2. The second-order valence-corrected chi connectivity index (χ2v) is 6.56. The van der Waals surface area contributed by atoms with E-state index in [1.807, 2.05) is 18.4 Å². The third kappa shape index (κ3) is 7.24. The van der Waals surface area contributed by atoms with Crippen LogP contribution in [0.25, 0.3) is 0 Å². The molecule has 0 atom stereocenters. The summed E-state index contributed by atoms with van der Waals surface area (Å²) in [5.41, 5.74) is 1.04. The molecule has 0 spiro atoms. The van der Waals surface area contributed by atoms with Gasteiger partial charge in [0.2, 0.25) is 0 Å². The Morgan fingerprint density at radius 2 is 1.61 bits per heavy atom. The summed E-state index contributed by atoms with van der Waals surface area (Å²) in [5, 5.41) is 4.52. The molecule has 28 heavy (non-hydrogen) atoms. The zero-order chi connectivity index (χ0) is 20.4. The van der Waals surface area contributed by atoms with Crippen LogP contribution in [0.15, 0.2) is 59.5 Å². The molecule has 2 aromatic rings. The van der Waals surface area contributed by atoms with Crippen LogP contribution in [0.5, 0.6) is 0 Å². The number of thioether (sulfide) groups is 1. The number of esters is 1. The number of amides is 3. The van der Waals surface area contributed by atoms with Crippen LogP contribution in [0.2, 0.25) is 0 Å². The van der Waals surface area contributed by atoms with Gasteiger partial charge in [0, 0.05) is 22.6 Å². The second-order valence-electron chi connectivity index (χ2n) is 5.68. The first-order valence-electron chi connectivity index (χ1n) is 8.46. The standard InChI is InChI=1S/C20H20N2O5S/c1-28-16-9-7-14(8-10-16)17(23)11-12-19(25)27-13-18(24)22-20(26)21-15-5-3-2-4-6-15/h2-10H,11-13H2,1H3,(H2,21,22,24,26). The molecule has 0 fully saturated rings. The zero-order valence-electron chi connectivity index (χ0n) is 15.3. The SMILES string of the molecule is CSc1ccc(C(=O)CCC(=O)OCC(=O)NC(=O)Nc2ccccc2)cc1. The third-order valence-corrected chi connectivity index (χ3v) is 4.36. The minimum atomic E-state index is -0.763. The third-order valence-electron chi connectivity index (χ3n) is 3.62. The van der Waals surface area contributed by atoms with Crippen molar-refractivity contribution >= 4 is 41.1 Å². The van der Waals surface area contributed by atoms with Crippen LogP contribution in [0.1, 0.15) is 23.2 Å². The van der Waals surface area contributed by atoms with Gasteiger partial charge in [-0.1, -0.05) is 30.3 Å². The van der Waals surface area contributed by atoms with Gasteiger partial charge in [-0.25, -0.2) is 4.79 Å². The van der Waals surface area contributed by atoms with Crippen molar-refractivity contribution < 1.29 is 23.9 Å². The summed E-state index contributed by atoms with van der Waals surface area (Å²) in [6.45, 7) is -0.600. The van der Waals surface area contributed by atoms with Crippen molar-refractivity contribution in [2.75, 3.05) is 18.2 Å². The van der Waals surface area contributed by atoms with E-state index >= 15 is 0 Å². The number of hydrogen-bond acceptors (Lipinski definition) is 6. The number of benzene rings is 2. The number of Topliss-reactive ketones (excluding diaryl/α,β-unsaturated/α-hetero) is 1. The van der Waals surface area contributed by atoms with E-state index in [0.717, 1.165) is 4.90 Å². The average molecular weight is 400 g/mol. The van der Waals surface area contributed by atoms with E-state index in [2.05, 4.69) is 10.6 Å². The fourth-order valence-corrected chi connectivity index (χ4v) is 2.61. The number of urea groups is 1. The summed E-state index contributed by atoms with van der Waals surface area (Å²) < 4.78 is 4.79. The molecule has 146 valence electrons. The lowest BCUT2D eigenvalue weighted by molar-refractivity contribution is -0.148. The van der Waals surface area contributed by atoms with Gasteiger partial charge in [0.25, 0.3) is 5.91 Å². The molecule has 3 amide bonds. The van der Waals surface area contributed by atoms with Crippen LogP contribution < -0.4 is 10.6 Å². The quantitative estimate of drug-likeness (QED) is 0.401. The molecule has 0 aliphatic rings. The first-order chi connectivity index (χ1) is 13.5. The van der Waals surface area contributed by atoms with Crippen molar-refractivity contribution in [1.29, 1.82) is 0 Å². The summed E-state index contributed by atoms with van der Waals surface area (Å²) in [6.07, 6.45) is 1.77. The molecular weight excluding hydrogens is 380 g/mol. The maximum absolute atomic E-state index is 12.1. The maximum Gasteiger partial charge on any atom is 0.325 e. The van der Waals surface area contributed by atoms with Crippen molar-refractivity contribution in [3.63, 3.8) is 0 Å². The van der Waals surface area contributed by atoms with Gasteiger partial charge in [-0.2, -0.15) is 0 Å². The van der Waals surface area contributed by atoms with Gasteiger partial charge < -0.3 is 10.1 Å². The number of carbonyl (C=O) groups is 4. The predicted octanol–water partition coefficient (Wildman–Crippen LogP) is 3.26. The summed E-state index contributed by atoms with van der Waals surface area (Å²) >= 11 is 1.57. The number of carbonyl (C=O) groups excluding carboxylic acids is 4. The number of imide groups is 1. The summed E-state index contributed by atoms with van der Waals surface area (Å²) in [6, 6.07) is 14.9. The lowest BCUT2D eigenvalue weighted by Crippen LogP contribution is -2.37. The maximum atomic E-state index is 12.1. The molecule has 8 heteroatoms. The fourth-order valence-electron chi connectivity index (χ4n) is 2.20. The van der Waals surface area contributed by atoms with Crippen molar-refractivity contribution in [1.82, 2.24) is 5.32 Å². The molecule has 0 aromatic heterocycles. The molecular formula is C20H20N2O5S. The van der Waals surface area contributed by atoms with E-state index in [1.54, 1.807) is 54.2 Å². The van der Waals surface area contributed by atoms with Crippen molar-refractivity contribution in [3.05, 3.63) is 60.2 Å². The Morgan fingerprint density at radius 1 is 0.929 bits per heavy atom. The van der Waals surface area contributed by atoms with Gasteiger partial charge in [0.05, 0.1) is 6.42 Å². The van der Waals surface area contributed by atoms with Crippen molar-refractivity contribution in [2.45, 2.75) is 17.7 Å². The van der Waals surface area contributed by atoms with Gasteiger partial charge >= 0.3 is 12.0 Å². The van der Waals surface area contributed by atoms with Crippen LogP contribution >= 0.6 is 11.8 Å². The normalized spacial score (nSPS) is 10.0. The van der Waals surface area contributed by atoms with Crippen LogP contribution in [0.3, 0.4) is 0 Å². The van der Waals surface area contributed by atoms with E-state index < -0.39 is 24.5 Å². The van der Waals surface area contributed by atoms with Crippen LogP contribution in [-0.4, -0.2) is 36.6 Å². The van der Waals surface area contributed by atoms with Gasteiger partial charge in [-0.05, 0) is 30.5 Å². The van der Waals surface area contributed by atoms with Crippen LogP contribution in [-0.2, 0) is 14.3 Å². The Bertz CT molecular complexity index is 837. The lowest BCUT2D eigenvalue weighted by atomic mass is 10.1. The molecule has 7 nitrogen and oxygen atoms in total. The van der Waals surface area contributed by atoms with Crippen molar-refractivity contribution in [2.24, 2.45) is 0 Å². The van der Waals surface area contributed by atoms with Gasteiger partial charge in [0.15, 0.2) is 12.4 Å².